The van der Waals surface area contributed by atoms with Crippen LogP contribution in [-0.2, 0) is 10.0 Å². The van der Waals surface area contributed by atoms with Crippen molar-refractivity contribution in [2.24, 2.45) is 0 Å². The maximum absolute atomic E-state index is 13.6. The summed E-state index contributed by atoms with van der Waals surface area (Å²) in [6, 6.07) is 7.31. The second kappa shape index (κ2) is 7.14. The predicted octanol–water partition coefficient (Wildman–Crippen LogP) is 4.37. The number of pyridine rings is 1. The van der Waals surface area contributed by atoms with Crippen LogP contribution < -0.4 is 10.3 Å². The summed E-state index contributed by atoms with van der Waals surface area (Å²) in [6.07, 6.45) is 6.21. The van der Waals surface area contributed by atoms with Crippen LogP contribution in [0.25, 0.3) is 10.9 Å². The molecule has 1 aromatic carbocycles. The molecule has 0 aliphatic heterocycles. The Kier molecular flexibility index (Phi) is 4.86. The number of nitrogens with zero attached hydrogens (tertiary/aromatic N) is 1. The molecule has 1 aliphatic carbocycles. The number of nitrogens with one attached hydrogen (secondary N) is 1. The summed E-state index contributed by atoms with van der Waals surface area (Å²) in [5.41, 5.74) is 0.129. The standard InChI is InChI=1S/C21H18ClFN2O4S/c1-13-11-16(29-15-3-4-17(22)18(23)12-15)5-8-21(13,2)30(27,28)25-10-7-14-6-9-24-20(26)19(14)25/h3-7,9-12H,8H2,1-2H3,(H,24,26). The average Bonchev–Trinajstić information content (AvgIpc) is 3.14. The molecule has 0 amide bonds. The predicted molar refractivity (Wildman–Crippen MR) is 114 cm³/mol. The van der Waals surface area contributed by atoms with Crippen LogP contribution >= 0.6 is 11.6 Å². The minimum absolute atomic E-state index is 0.0145. The van der Waals surface area contributed by atoms with Crippen LogP contribution in [0.2, 0.25) is 5.02 Å². The molecule has 2 heterocycles. The molecule has 3 aromatic rings. The molecule has 2 aromatic heterocycles. The molecule has 0 bridgehead atoms. The third kappa shape index (κ3) is 3.16. The second-order valence-corrected chi connectivity index (χ2v) is 9.93. The van der Waals surface area contributed by atoms with Gasteiger partial charge in [-0.05, 0) is 62.3 Å². The van der Waals surface area contributed by atoms with E-state index in [4.69, 9.17) is 16.3 Å². The summed E-state index contributed by atoms with van der Waals surface area (Å²) in [4.78, 5) is 14.8. The molecule has 0 spiro atoms. The maximum atomic E-state index is 13.6. The van der Waals surface area contributed by atoms with E-state index in [-0.39, 0.29) is 22.7 Å². The number of halogens is 2. The van der Waals surface area contributed by atoms with Gasteiger partial charge in [-0.1, -0.05) is 11.6 Å². The zero-order valence-corrected chi connectivity index (χ0v) is 17.7. The number of aromatic nitrogens is 2. The zero-order chi connectivity index (χ0) is 21.7. The molecule has 156 valence electrons. The van der Waals surface area contributed by atoms with E-state index in [0.717, 1.165) is 10.0 Å². The Morgan fingerprint density at radius 2 is 2.03 bits per heavy atom. The largest absolute Gasteiger partial charge is 0.458 e. The third-order valence-corrected chi connectivity index (χ3v) is 8.17. The van der Waals surface area contributed by atoms with Crippen molar-refractivity contribution in [3.63, 3.8) is 0 Å². The summed E-state index contributed by atoms with van der Waals surface area (Å²) in [6.45, 7) is 3.29. The van der Waals surface area contributed by atoms with E-state index in [1.807, 2.05) is 0 Å². The Morgan fingerprint density at radius 3 is 2.73 bits per heavy atom. The fourth-order valence-corrected chi connectivity index (χ4v) is 5.39. The molecule has 1 atom stereocenters. The summed E-state index contributed by atoms with van der Waals surface area (Å²) in [5.74, 6) is 0.0436. The number of hydrogen-bond acceptors (Lipinski definition) is 4. The molecule has 0 saturated carbocycles. The van der Waals surface area contributed by atoms with Crippen molar-refractivity contribution >= 4 is 32.5 Å². The molecule has 6 nitrogen and oxygen atoms in total. The first kappa shape index (κ1) is 20.4. The van der Waals surface area contributed by atoms with E-state index in [0.29, 0.717) is 16.7 Å². The van der Waals surface area contributed by atoms with Gasteiger partial charge in [0.05, 0.1) is 5.02 Å². The normalized spacial score (nSPS) is 19.5. The number of aromatic amines is 1. The van der Waals surface area contributed by atoms with E-state index in [1.165, 1.54) is 24.5 Å². The topological polar surface area (TPSA) is 81.2 Å². The molecule has 0 radical (unpaired) electrons. The highest BCUT2D eigenvalue weighted by molar-refractivity contribution is 7.91. The minimum atomic E-state index is -3.97. The Morgan fingerprint density at radius 1 is 1.27 bits per heavy atom. The van der Waals surface area contributed by atoms with Crippen LogP contribution in [-0.4, -0.2) is 22.1 Å². The van der Waals surface area contributed by atoms with E-state index in [9.17, 15) is 17.6 Å². The van der Waals surface area contributed by atoms with Crippen LogP contribution in [0.15, 0.2) is 71.0 Å². The van der Waals surface area contributed by atoms with Gasteiger partial charge < -0.3 is 9.72 Å². The molecular formula is C21H18ClFN2O4S. The highest BCUT2D eigenvalue weighted by atomic mass is 35.5. The molecule has 1 unspecified atom stereocenters. The fraction of sp³-hybridized carbons (Fsp3) is 0.190. The Balaban J connectivity index is 1.69. The lowest BCUT2D eigenvalue weighted by atomic mass is 9.93. The third-order valence-electron chi connectivity index (χ3n) is 5.42. The van der Waals surface area contributed by atoms with E-state index in [2.05, 4.69) is 4.98 Å². The van der Waals surface area contributed by atoms with Crippen LogP contribution in [0.1, 0.15) is 20.3 Å². The molecule has 1 aliphatic rings. The zero-order valence-electron chi connectivity index (χ0n) is 16.1. The van der Waals surface area contributed by atoms with Gasteiger partial charge in [0.1, 0.15) is 27.6 Å². The van der Waals surface area contributed by atoms with E-state index >= 15 is 0 Å². The number of H-pyrrole nitrogens is 1. The minimum Gasteiger partial charge on any atom is -0.458 e. The quantitative estimate of drug-likeness (QED) is 0.642. The van der Waals surface area contributed by atoms with Gasteiger partial charge in [-0.3, -0.25) is 4.79 Å². The number of rotatable bonds is 4. The van der Waals surface area contributed by atoms with Crippen LogP contribution in [0, 0.1) is 5.82 Å². The first-order valence-corrected chi connectivity index (χ1v) is 10.9. The van der Waals surface area contributed by atoms with Crippen molar-refractivity contribution < 1.29 is 17.5 Å². The second-order valence-electron chi connectivity index (χ2n) is 7.27. The van der Waals surface area contributed by atoms with Gasteiger partial charge in [-0.2, -0.15) is 0 Å². The van der Waals surface area contributed by atoms with Gasteiger partial charge in [0, 0.05) is 23.8 Å². The Bertz CT molecular complexity index is 1390. The smallest absolute Gasteiger partial charge is 0.273 e. The van der Waals surface area contributed by atoms with Crippen LogP contribution in [0.4, 0.5) is 4.39 Å². The van der Waals surface area contributed by atoms with E-state index in [1.54, 1.807) is 38.1 Å². The van der Waals surface area contributed by atoms with Gasteiger partial charge in [-0.15, -0.1) is 0 Å². The molecule has 0 saturated heterocycles. The summed E-state index contributed by atoms with van der Waals surface area (Å²) in [7, 11) is -3.97. The Labute approximate surface area is 177 Å². The van der Waals surface area contributed by atoms with Crippen LogP contribution in [0.5, 0.6) is 5.75 Å². The number of fused-ring (bicyclic) bond motifs is 1. The first-order valence-electron chi connectivity index (χ1n) is 9.09. The summed E-state index contributed by atoms with van der Waals surface area (Å²) < 4.78 is 46.1. The molecule has 0 fully saturated rings. The number of hydrogen-bond donors (Lipinski definition) is 1. The van der Waals surface area contributed by atoms with Gasteiger partial charge in [-0.25, -0.2) is 16.8 Å². The molecule has 4 rings (SSSR count). The SMILES string of the molecule is CC1=CC(Oc2ccc(Cl)c(F)c2)=CCC1(C)S(=O)(=O)n1ccc2cc[nH]c(=O)c21. The van der Waals surface area contributed by atoms with Gasteiger partial charge in [0.25, 0.3) is 5.56 Å². The van der Waals surface area contributed by atoms with Crippen molar-refractivity contribution in [3.8, 4) is 5.75 Å². The highest BCUT2D eigenvalue weighted by Gasteiger charge is 2.43. The lowest BCUT2D eigenvalue weighted by Gasteiger charge is -2.32. The van der Waals surface area contributed by atoms with Gasteiger partial charge in [0.15, 0.2) is 0 Å². The van der Waals surface area contributed by atoms with Crippen molar-refractivity contribution in [2.45, 2.75) is 25.0 Å². The maximum Gasteiger partial charge on any atom is 0.273 e. The van der Waals surface area contributed by atoms with Crippen LogP contribution in [0.3, 0.4) is 0 Å². The number of ether oxygens (including phenoxy) is 1. The van der Waals surface area contributed by atoms with Gasteiger partial charge >= 0.3 is 0 Å². The molecule has 1 N–H and O–H groups in total. The van der Waals surface area contributed by atoms with Crippen molar-refractivity contribution in [1.29, 1.82) is 0 Å². The molecular weight excluding hydrogens is 431 g/mol. The van der Waals surface area contributed by atoms with Crippen molar-refractivity contribution in [1.82, 2.24) is 8.96 Å². The van der Waals surface area contributed by atoms with Gasteiger partial charge in [0.2, 0.25) is 10.0 Å². The number of benzene rings is 1. The average molecular weight is 449 g/mol. The highest BCUT2D eigenvalue weighted by Crippen LogP contribution is 2.38. The molecule has 30 heavy (non-hydrogen) atoms. The summed E-state index contributed by atoms with van der Waals surface area (Å²) in [5, 5.41) is 0.520. The van der Waals surface area contributed by atoms with Crippen molar-refractivity contribution in [2.75, 3.05) is 0 Å². The fourth-order valence-electron chi connectivity index (χ4n) is 3.42. The lowest BCUT2D eigenvalue weighted by Crippen LogP contribution is -2.42. The monoisotopic (exact) mass is 448 g/mol. The molecule has 9 heteroatoms. The first-order chi connectivity index (χ1) is 14.1. The Hall–Kier alpha value is -2.84. The number of allylic oxidation sites excluding steroid dienone is 2. The van der Waals surface area contributed by atoms with E-state index < -0.39 is 26.1 Å². The van der Waals surface area contributed by atoms with Crippen molar-refractivity contribution in [3.05, 3.63) is 87.4 Å². The summed E-state index contributed by atoms with van der Waals surface area (Å²) >= 11 is 5.68. The lowest BCUT2D eigenvalue weighted by molar-refractivity contribution is 0.428.